The number of benzene rings is 1. The molecule has 1 atom stereocenters. The van der Waals surface area contributed by atoms with Crippen LogP contribution in [0.3, 0.4) is 0 Å². The van der Waals surface area contributed by atoms with Crippen molar-refractivity contribution >= 4 is 17.0 Å². The Morgan fingerprint density at radius 3 is 2.59 bits per heavy atom. The van der Waals surface area contributed by atoms with Gasteiger partial charge in [-0.3, -0.25) is 4.79 Å². The third-order valence-corrected chi connectivity index (χ3v) is 5.50. The largest absolute Gasteiger partial charge is 0.416 e. The molecule has 0 spiro atoms. The predicted molar refractivity (Wildman–Crippen MR) is 102 cm³/mol. The summed E-state index contributed by atoms with van der Waals surface area (Å²) in [6.07, 6.45) is -8.89. The van der Waals surface area contributed by atoms with Crippen LogP contribution in [-0.4, -0.2) is 40.2 Å². The minimum atomic E-state index is -4.58. The summed E-state index contributed by atoms with van der Waals surface area (Å²) in [6, 6.07) is 5.66. The highest BCUT2D eigenvalue weighted by Gasteiger charge is 2.43. The maximum absolute atomic E-state index is 13.2. The van der Waals surface area contributed by atoms with E-state index < -0.39 is 36.3 Å². The molecule has 3 aromatic rings. The lowest BCUT2D eigenvalue weighted by atomic mass is 9.96. The third-order valence-electron chi connectivity index (χ3n) is 5.50. The topological polar surface area (TPSA) is 59.2 Å². The van der Waals surface area contributed by atoms with E-state index >= 15 is 0 Å². The van der Waals surface area contributed by atoms with Crippen molar-refractivity contribution in [1.82, 2.24) is 15.0 Å². The minimum absolute atomic E-state index is 0.0102. The number of likely N-dealkylation sites (tertiary alicyclic amines) is 1. The van der Waals surface area contributed by atoms with Crippen LogP contribution in [-0.2, 0) is 6.18 Å². The Bertz CT molecular complexity index is 1170. The number of rotatable bonds is 2. The second-order valence-electron chi connectivity index (χ2n) is 7.71. The van der Waals surface area contributed by atoms with Gasteiger partial charge in [0, 0.05) is 18.7 Å². The molecule has 1 saturated heterocycles. The van der Waals surface area contributed by atoms with Crippen LogP contribution in [0.1, 0.15) is 34.5 Å². The molecule has 170 valence electrons. The molecule has 0 radical (unpaired) electrons. The molecule has 5 nitrogen and oxygen atoms in total. The van der Waals surface area contributed by atoms with Crippen molar-refractivity contribution in [2.24, 2.45) is 5.92 Å². The lowest BCUT2D eigenvalue weighted by molar-refractivity contribution is -0.184. The highest BCUT2D eigenvalue weighted by molar-refractivity contribution is 6.07. The summed E-state index contributed by atoms with van der Waals surface area (Å²) in [5.74, 6) is -2.31. The van der Waals surface area contributed by atoms with Crippen LogP contribution in [0.2, 0.25) is 0 Å². The molecule has 0 N–H and O–H groups in total. The number of fused-ring (bicyclic) bond motifs is 1. The number of halogens is 6. The van der Waals surface area contributed by atoms with Crippen LogP contribution < -0.4 is 0 Å². The number of alkyl halides is 6. The molecule has 11 heteroatoms. The molecule has 0 bridgehead atoms. The Hall–Kier alpha value is -3.11. The lowest BCUT2D eigenvalue weighted by Gasteiger charge is -2.33. The Labute approximate surface area is 178 Å². The number of aromatic nitrogens is 2. The van der Waals surface area contributed by atoms with Crippen molar-refractivity contribution in [2.75, 3.05) is 13.1 Å². The number of nitrogens with zero attached hydrogens (tertiary/aromatic N) is 3. The second kappa shape index (κ2) is 7.79. The van der Waals surface area contributed by atoms with Gasteiger partial charge in [-0.25, -0.2) is 4.98 Å². The van der Waals surface area contributed by atoms with Gasteiger partial charge in [0.1, 0.15) is 0 Å². The van der Waals surface area contributed by atoms with Crippen LogP contribution >= 0.6 is 0 Å². The number of pyridine rings is 1. The summed E-state index contributed by atoms with van der Waals surface area (Å²) < 4.78 is 84.1. The summed E-state index contributed by atoms with van der Waals surface area (Å²) in [4.78, 5) is 18.5. The van der Waals surface area contributed by atoms with Crippen molar-refractivity contribution in [3.05, 3.63) is 47.2 Å². The van der Waals surface area contributed by atoms with Crippen molar-refractivity contribution in [1.29, 1.82) is 0 Å². The van der Waals surface area contributed by atoms with Gasteiger partial charge < -0.3 is 9.42 Å². The summed E-state index contributed by atoms with van der Waals surface area (Å²) in [5, 5.41) is 3.98. The van der Waals surface area contributed by atoms with Gasteiger partial charge in [-0.05, 0) is 38.0 Å². The summed E-state index contributed by atoms with van der Waals surface area (Å²) in [7, 11) is 0. The van der Waals surface area contributed by atoms with Gasteiger partial charge in [0.15, 0.2) is 0 Å². The van der Waals surface area contributed by atoms with E-state index in [0.29, 0.717) is 5.69 Å². The monoisotopic (exact) mass is 457 g/mol. The quantitative estimate of drug-likeness (QED) is 0.468. The molecule has 0 aliphatic carbocycles. The highest BCUT2D eigenvalue weighted by Crippen LogP contribution is 2.36. The molecule has 1 aromatic carbocycles. The van der Waals surface area contributed by atoms with Crippen molar-refractivity contribution in [3.63, 3.8) is 0 Å². The normalized spacial score (nSPS) is 17.7. The van der Waals surface area contributed by atoms with Crippen LogP contribution in [0, 0.1) is 12.8 Å². The molecule has 3 heterocycles. The van der Waals surface area contributed by atoms with Crippen LogP contribution in [0.15, 0.2) is 34.9 Å². The van der Waals surface area contributed by atoms with E-state index in [2.05, 4.69) is 10.1 Å². The predicted octanol–water partition coefficient (Wildman–Crippen LogP) is 5.63. The van der Waals surface area contributed by atoms with Gasteiger partial charge in [-0.15, -0.1) is 0 Å². The van der Waals surface area contributed by atoms with Crippen molar-refractivity contribution in [3.8, 4) is 11.3 Å². The van der Waals surface area contributed by atoms with Gasteiger partial charge in [-0.2, -0.15) is 26.3 Å². The average molecular weight is 457 g/mol. The Morgan fingerprint density at radius 2 is 1.91 bits per heavy atom. The number of carbonyl (C=O) groups excluding carboxylic acids is 1. The fraction of sp³-hybridized carbons (Fsp3) is 0.381. The molecule has 32 heavy (non-hydrogen) atoms. The molecule has 2 aromatic heterocycles. The number of amides is 1. The maximum atomic E-state index is 13.2. The van der Waals surface area contributed by atoms with E-state index in [1.54, 1.807) is 6.92 Å². The van der Waals surface area contributed by atoms with Gasteiger partial charge >= 0.3 is 12.4 Å². The first-order valence-electron chi connectivity index (χ1n) is 9.76. The van der Waals surface area contributed by atoms with Crippen LogP contribution in [0.25, 0.3) is 22.4 Å². The SMILES string of the molecule is Cc1noc2nc(-c3cccc(C(F)(F)F)c3)cc(C(=O)N3CCCC(C(F)(F)F)C3)c12. The zero-order chi connectivity index (χ0) is 23.3. The maximum Gasteiger partial charge on any atom is 0.416 e. The van der Waals surface area contributed by atoms with Crippen LogP contribution in [0.5, 0.6) is 0 Å². The first-order valence-corrected chi connectivity index (χ1v) is 9.76. The molecular weight excluding hydrogens is 440 g/mol. The number of piperidine rings is 1. The first kappa shape index (κ1) is 22.1. The van der Waals surface area contributed by atoms with Gasteiger partial charge in [0.05, 0.1) is 33.8 Å². The fourth-order valence-corrected chi connectivity index (χ4v) is 3.87. The zero-order valence-corrected chi connectivity index (χ0v) is 16.7. The third kappa shape index (κ3) is 4.15. The Balaban J connectivity index is 1.78. The number of hydrogen-bond donors (Lipinski definition) is 0. The number of hydrogen-bond acceptors (Lipinski definition) is 4. The molecule has 0 saturated carbocycles. The van der Waals surface area contributed by atoms with E-state index in [4.69, 9.17) is 4.52 Å². The molecule has 4 rings (SSSR count). The van der Waals surface area contributed by atoms with Gasteiger partial charge in [0.2, 0.25) is 0 Å². The summed E-state index contributed by atoms with van der Waals surface area (Å²) >= 11 is 0. The average Bonchev–Trinajstić information content (AvgIpc) is 3.12. The van der Waals surface area contributed by atoms with E-state index in [9.17, 15) is 31.1 Å². The molecule has 1 aliphatic rings. The molecule has 1 fully saturated rings. The first-order chi connectivity index (χ1) is 14.9. The molecule has 1 amide bonds. The Morgan fingerprint density at radius 1 is 1.16 bits per heavy atom. The minimum Gasteiger partial charge on any atom is -0.338 e. The van der Waals surface area contributed by atoms with E-state index in [0.717, 1.165) is 17.0 Å². The molecule has 1 unspecified atom stereocenters. The lowest BCUT2D eigenvalue weighted by Crippen LogP contribution is -2.44. The van der Waals surface area contributed by atoms with E-state index in [-0.39, 0.29) is 47.3 Å². The fourth-order valence-electron chi connectivity index (χ4n) is 3.87. The zero-order valence-electron chi connectivity index (χ0n) is 16.7. The summed E-state index contributed by atoms with van der Waals surface area (Å²) in [6.45, 7) is 1.19. The van der Waals surface area contributed by atoms with Gasteiger partial charge in [0.25, 0.3) is 11.6 Å². The highest BCUT2D eigenvalue weighted by atomic mass is 19.4. The molecule has 1 aliphatic heterocycles. The van der Waals surface area contributed by atoms with E-state index in [1.165, 1.54) is 18.2 Å². The van der Waals surface area contributed by atoms with E-state index in [1.807, 2.05) is 0 Å². The van der Waals surface area contributed by atoms with Crippen LogP contribution in [0.4, 0.5) is 26.3 Å². The number of carbonyl (C=O) groups is 1. The standard InChI is InChI=1S/C21H17F6N3O2/c1-11-17-15(19(31)30-7-3-6-14(10-30)21(25,26)27)9-16(28-18(17)32-29-11)12-4-2-5-13(8-12)20(22,23)24/h2,4-5,8-9,14H,3,6-7,10H2,1H3. The second-order valence-corrected chi connectivity index (χ2v) is 7.71. The van der Waals surface area contributed by atoms with Crippen molar-refractivity contribution < 1.29 is 35.7 Å². The summed E-state index contributed by atoms with van der Waals surface area (Å²) in [5.41, 5.74) is -0.586. The number of aryl methyl sites for hydroxylation is 1. The smallest absolute Gasteiger partial charge is 0.338 e. The Kier molecular flexibility index (Phi) is 5.38. The van der Waals surface area contributed by atoms with Crippen molar-refractivity contribution in [2.45, 2.75) is 32.1 Å². The molecular formula is C21H17F6N3O2. The van der Waals surface area contributed by atoms with Gasteiger partial charge in [-0.1, -0.05) is 17.3 Å².